The van der Waals surface area contributed by atoms with Gasteiger partial charge in [-0.3, -0.25) is 9.59 Å². The van der Waals surface area contributed by atoms with E-state index in [0.29, 0.717) is 47.8 Å². The highest BCUT2D eigenvalue weighted by Gasteiger charge is 2.25. The van der Waals surface area contributed by atoms with Crippen LogP contribution in [0.25, 0.3) is 10.2 Å². The van der Waals surface area contributed by atoms with Crippen molar-refractivity contribution in [3.63, 3.8) is 0 Å². The molecule has 2 aromatic carbocycles. The molecule has 0 aliphatic carbocycles. The van der Waals surface area contributed by atoms with Crippen LogP contribution >= 0.6 is 34.5 Å². The lowest BCUT2D eigenvalue weighted by Gasteiger charge is -2.11. The second kappa shape index (κ2) is 9.51. The van der Waals surface area contributed by atoms with Crippen molar-refractivity contribution in [3.8, 4) is 0 Å². The highest BCUT2D eigenvalue weighted by molar-refractivity contribution is 7.21. The topological polar surface area (TPSA) is 71.1 Å². The number of nitrogens with zero attached hydrogens (tertiary/aromatic N) is 1. The molecule has 2 heterocycles. The number of amides is 2. The van der Waals surface area contributed by atoms with E-state index in [1.165, 1.54) is 16.9 Å². The van der Waals surface area contributed by atoms with Gasteiger partial charge in [0.2, 0.25) is 0 Å². The van der Waals surface area contributed by atoms with Gasteiger partial charge in [0.1, 0.15) is 9.71 Å². The molecule has 33 heavy (non-hydrogen) atoms. The second-order valence-corrected chi connectivity index (χ2v) is 9.35. The van der Waals surface area contributed by atoms with E-state index in [2.05, 4.69) is 22.5 Å². The molecule has 2 N–H and O–H groups in total. The van der Waals surface area contributed by atoms with Gasteiger partial charge in [-0.25, -0.2) is 4.98 Å². The standard InChI is InChI=1S/C25H21Cl2N3O2S/c1-4-15-9-11-16(12-10-15)29-24(32)22-21(30-23(31)17-7-5-6-8-18(17)26)19-13(2)20(27)14(3)28-25(19)33-22/h5-12H,4H2,1-3H3,(H,29,32)(H,30,31). The summed E-state index contributed by atoms with van der Waals surface area (Å²) in [6, 6.07) is 14.4. The molecule has 0 bridgehead atoms. The number of halogens is 2. The Morgan fingerprint density at radius 3 is 2.33 bits per heavy atom. The van der Waals surface area contributed by atoms with Gasteiger partial charge >= 0.3 is 0 Å². The summed E-state index contributed by atoms with van der Waals surface area (Å²) in [6.45, 7) is 5.73. The number of nitrogens with one attached hydrogen (secondary N) is 2. The van der Waals surface area contributed by atoms with Gasteiger partial charge in [0, 0.05) is 11.1 Å². The van der Waals surface area contributed by atoms with E-state index in [4.69, 9.17) is 23.2 Å². The number of aryl methyl sites for hydroxylation is 3. The maximum Gasteiger partial charge on any atom is 0.267 e. The molecule has 0 unspecified atom stereocenters. The Hall–Kier alpha value is -2.93. The van der Waals surface area contributed by atoms with E-state index in [0.717, 1.165) is 12.0 Å². The number of anilines is 2. The average molecular weight is 498 g/mol. The maximum atomic E-state index is 13.3. The SMILES string of the molecule is CCc1ccc(NC(=O)c2sc3nc(C)c(Cl)c(C)c3c2NC(=O)c2ccccc2Cl)cc1. The minimum absolute atomic E-state index is 0.309. The zero-order valence-electron chi connectivity index (χ0n) is 18.3. The number of aromatic nitrogens is 1. The lowest BCUT2D eigenvalue weighted by atomic mass is 10.1. The summed E-state index contributed by atoms with van der Waals surface area (Å²) >= 11 is 13.9. The van der Waals surface area contributed by atoms with Crippen LogP contribution in [0, 0.1) is 13.8 Å². The lowest BCUT2D eigenvalue weighted by molar-refractivity contribution is 0.102. The molecule has 0 aliphatic heterocycles. The molecule has 0 radical (unpaired) electrons. The minimum Gasteiger partial charge on any atom is -0.321 e. The predicted molar refractivity (Wildman–Crippen MR) is 137 cm³/mol. The van der Waals surface area contributed by atoms with E-state index >= 15 is 0 Å². The number of thiophene rings is 1. The number of carbonyl (C=O) groups is 2. The van der Waals surface area contributed by atoms with Crippen LogP contribution < -0.4 is 10.6 Å². The van der Waals surface area contributed by atoms with Gasteiger partial charge in [-0.2, -0.15) is 0 Å². The van der Waals surface area contributed by atoms with Crippen LogP contribution in [-0.2, 0) is 6.42 Å². The Labute approximate surface area is 205 Å². The molecular formula is C25H21Cl2N3O2S. The van der Waals surface area contributed by atoms with Crippen LogP contribution in [0.4, 0.5) is 11.4 Å². The first-order valence-corrected chi connectivity index (χ1v) is 11.9. The zero-order chi connectivity index (χ0) is 23.7. The first-order chi connectivity index (χ1) is 15.8. The summed E-state index contributed by atoms with van der Waals surface area (Å²) in [4.78, 5) is 31.9. The van der Waals surface area contributed by atoms with Gasteiger partial charge in [0.05, 0.1) is 27.0 Å². The lowest BCUT2D eigenvalue weighted by Crippen LogP contribution is -2.17. The van der Waals surface area contributed by atoms with Crippen LogP contribution in [0.15, 0.2) is 48.5 Å². The molecule has 0 spiro atoms. The monoisotopic (exact) mass is 497 g/mol. The van der Waals surface area contributed by atoms with Crippen molar-refractivity contribution in [1.82, 2.24) is 4.98 Å². The van der Waals surface area contributed by atoms with Crippen molar-refractivity contribution >= 4 is 67.9 Å². The highest BCUT2D eigenvalue weighted by Crippen LogP contribution is 2.40. The van der Waals surface area contributed by atoms with Crippen LogP contribution in [0.3, 0.4) is 0 Å². The Kier molecular flexibility index (Phi) is 6.70. The summed E-state index contributed by atoms with van der Waals surface area (Å²) in [7, 11) is 0. The van der Waals surface area contributed by atoms with E-state index in [1.807, 2.05) is 38.1 Å². The Morgan fingerprint density at radius 1 is 0.970 bits per heavy atom. The van der Waals surface area contributed by atoms with Gasteiger partial charge in [0.15, 0.2) is 0 Å². The van der Waals surface area contributed by atoms with Gasteiger partial charge in [-0.15, -0.1) is 11.3 Å². The molecule has 0 saturated heterocycles. The molecule has 8 heteroatoms. The largest absolute Gasteiger partial charge is 0.321 e. The maximum absolute atomic E-state index is 13.3. The zero-order valence-corrected chi connectivity index (χ0v) is 20.6. The van der Waals surface area contributed by atoms with Gasteiger partial charge < -0.3 is 10.6 Å². The number of hydrogen-bond donors (Lipinski definition) is 2. The fraction of sp³-hybridized carbons (Fsp3) is 0.160. The third-order valence-corrected chi connectivity index (χ3v) is 7.33. The molecule has 168 valence electrons. The van der Waals surface area contributed by atoms with Gasteiger partial charge in [0.25, 0.3) is 11.8 Å². The van der Waals surface area contributed by atoms with E-state index in [1.54, 1.807) is 24.3 Å². The quantitative estimate of drug-likeness (QED) is 0.304. The van der Waals surface area contributed by atoms with Crippen molar-refractivity contribution in [2.75, 3.05) is 10.6 Å². The molecule has 0 atom stereocenters. The number of hydrogen-bond acceptors (Lipinski definition) is 4. The molecule has 5 nitrogen and oxygen atoms in total. The fourth-order valence-corrected chi connectivity index (χ4v) is 5.04. The average Bonchev–Trinajstić information content (AvgIpc) is 3.16. The highest BCUT2D eigenvalue weighted by atomic mass is 35.5. The predicted octanol–water partition coefficient (Wildman–Crippen LogP) is 7.29. The molecule has 0 fully saturated rings. The van der Waals surface area contributed by atoms with Crippen LogP contribution in [0.1, 0.15) is 43.8 Å². The second-order valence-electron chi connectivity index (χ2n) is 7.56. The summed E-state index contributed by atoms with van der Waals surface area (Å²) in [5.41, 5.74) is 3.92. The third kappa shape index (κ3) is 4.60. The molecule has 0 saturated carbocycles. The van der Waals surface area contributed by atoms with Crippen molar-refractivity contribution in [3.05, 3.63) is 85.8 Å². The number of carbonyl (C=O) groups excluding carboxylic acids is 2. The summed E-state index contributed by atoms with van der Waals surface area (Å²) in [6.07, 6.45) is 0.911. The van der Waals surface area contributed by atoms with E-state index in [9.17, 15) is 9.59 Å². The third-order valence-electron chi connectivity index (χ3n) is 5.36. The first kappa shape index (κ1) is 23.2. The number of pyridine rings is 1. The number of fused-ring (bicyclic) bond motifs is 1. The Bertz CT molecular complexity index is 1380. The Balaban J connectivity index is 1.79. The van der Waals surface area contributed by atoms with E-state index in [-0.39, 0.29) is 5.91 Å². The first-order valence-electron chi connectivity index (χ1n) is 10.4. The molecule has 2 aromatic heterocycles. The molecular weight excluding hydrogens is 477 g/mol. The van der Waals surface area contributed by atoms with Crippen LogP contribution in [-0.4, -0.2) is 16.8 Å². The normalized spacial score (nSPS) is 10.9. The molecule has 0 aliphatic rings. The summed E-state index contributed by atoms with van der Waals surface area (Å²) in [5.74, 6) is -0.761. The van der Waals surface area contributed by atoms with Crippen LogP contribution in [0.2, 0.25) is 10.0 Å². The summed E-state index contributed by atoms with van der Waals surface area (Å²) in [5, 5.41) is 7.26. The Morgan fingerprint density at radius 2 is 1.67 bits per heavy atom. The van der Waals surface area contributed by atoms with Crippen LogP contribution in [0.5, 0.6) is 0 Å². The number of rotatable bonds is 5. The van der Waals surface area contributed by atoms with Crippen molar-refractivity contribution < 1.29 is 9.59 Å². The van der Waals surface area contributed by atoms with Gasteiger partial charge in [-0.05, 0) is 55.7 Å². The molecule has 4 aromatic rings. The molecule has 2 amide bonds. The van der Waals surface area contributed by atoms with Gasteiger partial charge in [-0.1, -0.05) is 54.4 Å². The van der Waals surface area contributed by atoms with Crippen molar-refractivity contribution in [2.24, 2.45) is 0 Å². The fourth-order valence-electron chi connectivity index (χ4n) is 3.55. The smallest absolute Gasteiger partial charge is 0.267 e. The van der Waals surface area contributed by atoms with Crippen molar-refractivity contribution in [1.29, 1.82) is 0 Å². The van der Waals surface area contributed by atoms with Crippen molar-refractivity contribution in [2.45, 2.75) is 27.2 Å². The van der Waals surface area contributed by atoms with E-state index < -0.39 is 5.91 Å². The molecule has 4 rings (SSSR count). The summed E-state index contributed by atoms with van der Waals surface area (Å²) < 4.78 is 0. The minimum atomic E-state index is -0.419. The number of benzene rings is 2.